The zero-order chi connectivity index (χ0) is 15.6. The van der Waals surface area contributed by atoms with E-state index in [0.29, 0.717) is 18.7 Å². The Balaban J connectivity index is 2.13. The van der Waals surface area contributed by atoms with E-state index >= 15 is 0 Å². The summed E-state index contributed by atoms with van der Waals surface area (Å²) in [6.07, 6.45) is 2.03. The molecule has 1 aromatic rings. The number of hydrogen-bond acceptors (Lipinski definition) is 5. The predicted octanol–water partition coefficient (Wildman–Crippen LogP) is 1.09. The highest BCUT2D eigenvalue weighted by Gasteiger charge is 2.36. The lowest BCUT2D eigenvalue weighted by Crippen LogP contribution is -2.52. The number of aryl methyl sites for hydroxylation is 1. The molecule has 1 saturated heterocycles. The molecule has 0 aromatic carbocycles. The Morgan fingerprint density at radius 2 is 2.29 bits per heavy atom. The molecular formula is C14H23N3O4. The number of ether oxygens (including phenoxy) is 2. The topological polar surface area (TPSA) is 76.8 Å². The minimum Gasteiger partial charge on any atom is -0.444 e. The molecule has 2 atom stereocenters. The van der Waals surface area contributed by atoms with Crippen LogP contribution in [0.2, 0.25) is 0 Å². The van der Waals surface area contributed by atoms with Gasteiger partial charge in [-0.25, -0.2) is 4.79 Å². The number of morpholine rings is 1. The molecule has 0 aliphatic carbocycles. The highest BCUT2D eigenvalue weighted by atomic mass is 16.6. The zero-order valence-corrected chi connectivity index (χ0v) is 12.9. The lowest BCUT2D eigenvalue weighted by Gasteiger charge is -2.38. The van der Waals surface area contributed by atoms with Crippen molar-refractivity contribution in [2.24, 2.45) is 7.05 Å². The molecule has 21 heavy (non-hydrogen) atoms. The third-order valence-electron chi connectivity index (χ3n) is 3.22. The van der Waals surface area contributed by atoms with Crippen molar-refractivity contribution in [1.29, 1.82) is 0 Å². The third-order valence-corrected chi connectivity index (χ3v) is 3.22. The minimum atomic E-state index is -0.855. The maximum Gasteiger partial charge on any atom is 0.410 e. The van der Waals surface area contributed by atoms with Crippen LogP contribution in [-0.4, -0.2) is 57.3 Å². The van der Waals surface area contributed by atoms with E-state index in [0.717, 1.165) is 0 Å². The second-order valence-corrected chi connectivity index (χ2v) is 6.21. The molecule has 1 fully saturated rings. The van der Waals surface area contributed by atoms with Crippen molar-refractivity contribution in [3.63, 3.8) is 0 Å². The molecule has 7 heteroatoms. The second kappa shape index (κ2) is 6.03. The number of rotatable bonds is 2. The van der Waals surface area contributed by atoms with Crippen LogP contribution >= 0.6 is 0 Å². The van der Waals surface area contributed by atoms with E-state index in [-0.39, 0.29) is 6.61 Å². The van der Waals surface area contributed by atoms with E-state index in [2.05, 4.69) is 5.10 Å². The second-order valence-electron chi connectivity index (χ2n) is 6.21. The Hall–Kier alpha value is -1.60. The monoisotopic (exact) mass is 297 g/mol. The average Bonchev–Trinajstić information content (AvgIpc) is 2.82. The molecule has 0 saturated carbocycles. The normalized spacial score (nSPS) is 21.2. The molecule has 118 valence electrons. The number of carbonyl (C=O) groups excluding carboxylic acids is 1. The van der Waals surface area contributed by atoms with Gasteiger partial charge in [0, 0.05) is 25.4 Å². The fourth-order valence-corrected chi connectivity index (χ4v) is 2.25. The molecular weight excluding hydrogens is 274 g/mol. The van der Waals surface area contributed by atoms with Crippen molar-refractivity contribution >= 4 is 6.09 Å². The van der Waals surface area contributed by atoms with Crippen molar-refractivity contribution in [2.75, 3.05) is 19.8 Å². The van der Waals surface area contributed by atoms with Gasteiger partial charge >= 0.3 is 6.09 Å². The molecule has 1 aromatic heterocycles. The fraction of sp³-hybridized carbons (Fsp3) is 0.714. The van der Waals surface area contributed by atoms with Gasteiger partial charge in [-0.1, -0.05) is 0 Å². The number of aliphatic hydroxyl groups excluding tert-OH is 1. The van der Waals surface area contributed by atoms with E-state index in [1.165, 1.54) is 4.90 Å². The van der Waals surface area contributed by atoms with Gasteiger partial charge in [0.1, 0.15) is 11.7 Å². The lowest BCUT2D eigenvalue weighted by molar-refractivity contribution is -0.0672. The smallest absolute Gasteiger partial charge is 0.410 e. The van der Waals surface area contributed by atoms with Gasteiger partial charge in [-0.05, 0) is 20.8 Å². The molecule has 0 spiro atoms. The first-order valence-electron chi connectivity index (χ1n) is 7.02. The summed E-state index contributed by atoms with van der Waals surface area (Å²) < 4.78 is 12.4. The summed E-state index contributed by atoms with van der Waals surface area (Å²) in [5.74, 6) is 0. The minimum absolute atomic E-state index is 0.273. The summed E-state index contributed by atoms with van der Waals surface area (Å²) in [5.41, 5.74) is 0.0840. The lowest BCUT2D eigenvalue weighted by atomic mass is 10.0. The number of aliphatic hydroxyl groups is 1. The number of aromatic nitrogens is 2. The SMILES string of the molecule is Cn1cc(C(O)C2COCCN2C(=O)OC(C)(C)C)cn1. The number of amides is 1. The molecule has 2 heterocycles. The maximum atomic E-state index is 12.3. The first-order valence-corrected chi connectivity index (χ1v) is 7.02. The van der Waals surface area contributed by atoms with Crippen molar-refractivity contribution < 1.29 is 19.4 Å². The van der Waals surface area contributed by atoms with Crippen LogP contribution in [-0.2, 0) is 16.5 Å². The van der Waals surface area contributed by atoms with E-state index in [4.69, 9.17) is 9.47 Å². The zero-order valence-electron chi connectivity index (χ0n) is 12.9. The standard InChI is InChI=1S/C14H23N3O4/c1-14(2,3)21-13(19)17-5-6-20-9-11(17)12(18)10-7-15-16(4)8-10/h7-8,11-12,18H,5-6,9H2,1-4H3. The van der Waals surface area contributed by atoms with Crippen LogP contribution in [0.4, 0.5) is 4.79 Å². The molecule has 1 amide bonds. The van der Waals surface area contributed by atoms with Gasteiger partial charge in [0.15, 0.2) is 0 Å². The van der Waals surface area contributed by atoms with Crippen molar-refractivity contribution in [2.45, 2.75) is 38.5 Å². The molecule has 1 aliphatic heterocycles. The Morgan fingerprint density at radius 3 is 2.86 bits per heavy atom. The molecule has 1 aliphatic rings. The van der Waals surface area contributed by atoms with Crippen molar-refractivity contribution in [3.05, 3.63) is 18.0 Å². The van der Waals surface area contributed by atoms with Crippen LogP contribution in [0.1, 0.15) is 32.4 Å². The summed E-state index contributed by atoms with van der Waals surface area (Å²) in [7, 11) is 1.78. The predicted molar refractivity (Wildman–Crippen MR) is 75.7 cm³/mol. The average molecular weight is 297 g/mol. The van der Waals surface area contributed by atoms with Crippen LogP contribution in [0.15, 0.2) is 12.4 Å². The summed E-state index contributed by atoms with van der Waals surface area (Å²) in [6, 6.07) is -0.474. The van der Waals surface area contributed by atoms with Gasteiger partial charge in [-0.15, -0.1) is 0 Å². The number of hydrogen-bond donors (Lipinski definition) is 1. The van der Waals surface area contributed by atoms with Crippen molar-refractivity contribution in [3.8, 4) is 0 Å². The first-order chi connectivity index (χ1) is 9.78. The highest BCUT2D eigenvalue weighted by Crippen LogP contribution is 2.24. The maximum absolute atomic E-state index is 12.3. The van der Waals surface area contributed by atoms with Gasteiger partial charge in [-0.3, -0.25) is 9.58 Å². The fourth-order valence-electron chi connectivity index (χ4n) is 2.25. The largest absolute Gasteiger partial charge is 0.444 e. The summed E-state index contributed by atoms with van der Waals surface area (Å²) in [4.78, 5) is 13.8. The molecule has 7 nitrogen and oxygen atoms in total. The first kappa shape index (κ1) is 15.8. The quantitative estimate of drug-likeness (QED) is 0.884. The Morgan fingerprint density at radius 1 is 1.57 bits per heavy atom. The third kappa shape index (κ3) is 3.95. The van der Waals surface area contributed by atoms with E-state index in [1.807, 2.05) is 20.8 Å². The summed E-state index contributed by atoms with van der Waals surface area (Å²) >= 11 is 0. The van der Waals surface area contributed by atoms with E-state index in [1.54, 1.807) is 24.1 Å². The molecule has 2 unspecified atom stereocenters. The molecule has 2 rings (SSSR count). The van der Waals surface area contributed by atoms with Gasteiger partial charge in [0.2, 0.25) is 0 Å². The van der Waals surface area contributed by atoms with E-state index < -0.39 is 23.8 Å². The van der Waals surface area contributed by atoms with Crippen molar-refractivity contribution in [1.82, 2.24) is 14.7 Å². The molecule has 0 radical (unpaired) electrons. The molecule has 0 bridgehead atoms. The molecule has 1 N–H and O–H groups in total. The van der Waals surface area contributed by atoms with Crippen LogP contribution in [0.5, 0.6) is 0 Å². The van der Waals surface area contributed by atoms with Crippen LogP contribution in [0.25, 0.3) is 0 Å². The van der Waals surface area contributed by atoms with Crippen LogP contribution < -0.4 is 0 Å². The van der Waals surface area contributed by atoms with Crippen LogP contribution in [0.3, 0.4) is 0 Å². The number of nitrogens with zero attached hydrogens (tertiary/aromatic N) is 3. The van der Waals surface area contributed by atoms with Gasteiger partial charge < -0.3 is 14.6 Å². The van der Waals surface area contributed by atoms with Gasteiger partial charge in [0.05, 0.1) is 25.5 Å². The number of carbonyl (C=O) groups is 1. The van der Waals surface area contributed by atoms with Gasteiger partial charge in [-0.2, -0.15) is 5.10 Å². The van der Waals surface area contributed by atoms with Gasteiger partial charge in [0.25, 0.3) is 0 Å². The Kier molecular flexibility index (Phi) is 4.53. The highest BCUT2D eigenvalue weighted by molar-refractivity contribution is 5.68. The summed E-state index contributed by atoms with van der Waals surface area (Å²) in [6.45, 7) is 6.56. The summed E-state index contributed by atoms with van der Waals surface area (Å²) in [5, 5.41) is 14.5. The van der Waals surface area contributed by atoms with E-state index in [9.17, 15) is 9.90 Å². The Bertz CT molecular complexity index is 495. The Labute approximate surface area is 124 Å². The van der Waals surface area contributed by atoms with Crippen LogP contribution in [0, 0.1) is 0 Å².